The van der Waals surface area contributed by atoms with E-state index < -0.39 is 0 Å². The van der Waals surface area contributed by atoms with Crippen molar-refractivity contribution >= 4 is 0 Å². The molecule has 0 aliphatic carbocycles. The minimum atomic E-state index is 0.692. The minimum Gasteiger partial charge on any atom is -0.306 e. The van der Waals surface area contributed by atoms with Crippen LogP contribution >= 0.6 is 0 Å². The molecule has 3 rings (SSSR count). The highest BCUT2D eigenvalue weighted by atomic mass is 15.2. The first-order chi connectivity index (χ1) is 9.15. The van der Waals surface area contributed by atoms with Gasteiger partial charge in [0.05, 0.1) is 0 Å². The van der Waals surface area contributed by atoms with E-state index in [9.17, 15) is 0 Å². The Labute approximate surface area is 118 Å². The number of hydrogen-bond donors (Lipinski definition) is 0. The average Bonchev–Trinajstić information content (AvgIpc) is 2.77. The Bertz CT molecular complexity index is 288. The summed E-state index contributed by atoms with van der Waals surface area (Å²) in [6.07, 6.45) is 7.18. The highest BCUT2D eigenvalue weighted by Gasteiger charge is 2.39. The molecule has 0 saturated carbocycles. The van der Waals surface area contributed by atoms with E-state index in [4.69, 9.17) is 0 Å². The summed E-state index contributed by atoms with van der Waals surface area (Å²) in [5.74, 6) is 0.969. The lowest BCUT2D eigenvalue weighted by Gasteiger charge is -2.41. The summed E-state index contributed by atoms with van der Waals surface area (Å²) in [7, 11) is 4.55. The average molecular weight is 265 g/mol. The van der Waals surface area contributed by atoms with Gasteiger partial charge in [0, 0.05) is 13.1 Å². The molecule has 0 unspecified atom stereocenters. The van der Waals surface area contributed by atoms with Gasteiger partial charge in [0.1, 0.15) is 0 Å². The molecule has 3 fully saturated rings. The summed E-state index contributed by atoms with van der Waals surface area (Å²) in [6.45, 7) is 9.41. The van der Waals surface area contributed by atoms with Crippen LogP contribution in [0, 0.1) is 11.3 Å². The molecule has 110 valence electrons. The largest absolute Gasteiger partial charge is 0.306 e. The SMILES string of the molecule is CN1CCC(CN2CCC3(CCN(C)C3)CC2)CC1. The van der Waals surface area contributed by atoms with Crippen molar-refractivity contribution in [3.63, 3.8) is 0 Å². The molecule has 0 radical (unpaired) electrons. The fraction of sp³-hybridized carbons (Fsp3) is 1.00. The van der Waals surface area contributed by atoms with Crippen molar-refractivity contribution in [2.45, 2.75) is 32.1 Å². The van der Waals surface area contributed by atoms with Crippen molar-refractivity contribution in [1.29, 1.82) is 0 Å². The Balaban J connectivity index is 1.43. The van der Waals surface area contributed by atoms with Crippen molar-refractivity contribution < 1.29 is 0 Å². The molecule has 0 atom stereocenters. The van der Waals surface area contributed by atoms with Crippen LogP contribution in [0.15, 0.2) is 0 Å². The Hall–Kier alpha value is -0.120. The van der Waals surface area contributed by atoms with Crippen LogP contribution in [0.2, 0.25) is 0 Å². The lowest BCUT2D eigenvalue weighted by Crippen LogP contribution is -2.44. The van der Waals surface area contributed by atoms with Gasteiger partial charge in [-0.05, 0) is 90.3 Å². The van der Waals surface area contributed by atoms with Gasteiger partial charge in [-0.25, -0.2) is 0 Å². The van der Waals surface area contributed by atoms with Gasteiger partial charge in [0.2, 0.25) is 0 Å². The van der Waals surface area contributed by atoms with Gasteiger partial charge in [-0.1, -0.05) is 0 Å². The van der Waals surface area contributed by atoms with Crippen LogP contribution in [0.3, 0.4) is 0 Å². The zero-order valence-electron chi connectivity index (χ0n) is 12.9. The summed E-state index contributed by atoms with van der Waals surface area (Å²) >= 11 is 0. The van der Waals surface area contributed by atoms with E-state index in [1.54, 1.807) is 0 Å². The molecule has 3 heteroatoms. The van der Waals surface area contributed by atoms with Crippen LogP contribution < -0.4 is 0 Å². The normalized spacial score (nSPS) is 31.3. The molecule has 0 bridgehead atoms. The quantitative estimate of drug-likeness (QED) is 0.753. The highest BCUT2D eigenvalue weighted by molar-refractivity contribution is 4.93. The molecule has 3 aliphatic rings. The number of likely N-dealkylation sites (tertiary alicyclic amines) is 3. The first-order valence-electron chi connectivity index (χ1n) is 8.25. The van der Waals surface area contributed by atoms with E-state index in [1.165, 1.54) is 77.9 Å². The fourth-order valence-corrected chi connectivity index (χ4v) is 4.39. The Morgan fingerprint density at radius 1 is 0.842 bits per heavy atom. The summed E-state index contributed by atoms with van der Waals surface area (Å²) in [4.78, 5) is 7.78. The highest BCUT2D eigenvalue weighted by Crippen LogP contribution is 2.40. The third kappa shape index (κ3) is 3.32. The second-order valence-corrected chi connectivity index (χ2v) is 7.54. The lowest BCUT2D eigenvalue weighted by molar-refractivity contribution is 0.0843. The molecule has 3 nitrogen and oxygen atoms in total. The van der Waals surface area contributed by atoms with E-state index in [0.29, 0.717) is 5.41 Å². The molecular formula is C16H31N3. The lowest BCUT2D eigenvalue weighted by atomic mass is 9.77. The van der Waals surface area contributed by atoms with Gasteiger partial charge >= 0.3 is 0 Å². The van der Waals surface area contributed by atoms with E-state index in [2.05, 4.69) is 28.8 Å². The molecule has 0 aromatic heterocycles. The summed E-state index contributed by atoms with van der Waals surface area (Å²) in [5.41, 5.74) is 0.692. The molecule has 3 saturated heterocycles. The molecule has 1 spiro atoms. The molecule has 0 aromatic carbocycles. The second-order valence-electron chi connectivity index (χ2n) is 7.54. The van der Waals surface area contributed by atoms with Crippen LogP contribution in [-0.2, 0) is 0 Å². The van der Waals surface area contributed by atoms with Crippen molar-refractivity contribution in [3.05, 3.63) is 0 Å². The van der Waals surface area contributed by atoms with Crippen molar-refractivity contribution in [2.24, 2.45) is 11.3 Å². The molecule has 19 heavy (non-hydrogen) atoms. The smallest absolute Gasteiger partial charge is 0.00364 e. The van der Waals surface area contributed by atoms with E-state index in [1.807, 2.05) is 0 Å². The zero-order valence-corrected chi connectivity index (χ0v) is 12.9. The molecule has 3 aliphatic heterocycles. The Morgan fingerprint density at radius 3 is 2.05 bits per heavy atom. The third-order valence-electron chi connectivity index (χ3n) is 5.90. The number of nitrogens with zero attached hydrogens (tertiary/aromatic N) is 3. The van der Waals surface area contributed by atoms with Gasteiger partial charge in [0.25, 0.3) is 0 Å². The van der Waals surface area contributed by atoms with Gasteiger partial charge in [-0.2, -0.15) is 0 Å². The molecule has 0 N–H and O–H groups in total. The summed E-state index contributed by atoms with van der Waals surface area (Å²) < 4.78 is 0. The van der Waals surface area contributed by atoms with Crippen LogP contribution in [-0.4, -0.2) is 74.6 Å². The van der Waals surface area contributed by atoms with Gasteiger partial charge in [-0.15, -0.1) is 0 Å². The van der Waals surface area contributed by atoms with Crippen LogP contribution in [0.25, 0.3) is 0 Å². The summed E-state index contributed by atoms with van der Waals surface area (Å²) in [6, 6.07) is 0. The van der Waals surface area contributed by atoms with Crippen molar-refractivity contribution in [3.8, 4) is 0 Å². The molecular weight excluding hydrogens is 234 g/mol. The molecule has 0 aromatic rings. The maximum atomic E-state index is 2.76. The number of hydrogen-bond acceptors (Lipinski definition) is 3. The second kappa shape index (κ2) is 5.71. The first-order valence-corrected chi connectivity index (χ1v) is 8.25. The van der Waals surface area contributed by atoms with E-state index >= 15 is 0 Å². The van der Waals surface area contributed by atoms with Crippen LogP contribution in [0.4, 0.5) is 0 Å². The topological polar surface area (TPSA) is 9.72 Å². The maximum absolute atomic E-state index is 2.76. The monoisotopic (exact) mass is 265 g/mol. The van der Waals surface area contributed by atoms with Crippen LogP contribution in [0.1, 0.15) is 32.1 Å². The van der Waals surface area contributed by atoms with Crippen LogP contribution in [0.5, 0.6) is 0 Å². The van der Waals surface area contributed by atoms with Crippen molar-refractivity contribution in [1.82, 2.24) is 14.7 Å². The zero-order chi connectivity index (χ0) is 13.3. The third-order valence-corrected chi connectivity index (χ3v) is 5.90. The number of piperidine rings is 2. The Morgan fingerprint density at radius 2 is 1.47 bits per heavy atom. The van der Waals surface area contributed by atoms with E-state index in [-0.39, 0.29) is 0 Å². The minimum absolute atomic E-state index is 0.692. The Kier molecular flexibility index (Phi) is 4.16. The fourth-order valence-electron chi connectivity index (χ4n) is 4.39. The standard InChI is InChI=1S/C16H31N3/c1-17-8-3-15(4-9-17)13-19-11-6-16(7-12-19)5-10-18(2)14-16/h15H,3-14H2,1-2H3. The summed E-state index contributed by atoms with van der Waals surface area (Å²) in [5, 5.41) is 0. The molecule has 0 amide bonds. The van der Waals surface area contributed by atoms with Gasteiger partial charge in [-0.3, -0.25) is 0 Å². The van der Waals surface area contributed by atoms with Crippen molar-refractivity contribution in [2.75, 3.05) is 59.9 Å². The van der Waals surface area contributed by atoms with E-state index in [0.717, 1.165) is 5.92 Å². The predicted molar refractivity (Wildman–Crippen MR) is 80.4 cm³/mol. The maximum Gasteiger partial charge on any atom is 0.00364 e. The predicted octanol–water partition coefficient (Wildman–Crippen LogP) is 1.75. The molecule has 3 heterocycles. The van der Waals surface area contributed by atoms with Gasteiger partial charge in [0.15, 0.2) is 0 Å². The first kappa shape index (κ1) is 13.8. The number of rotatable bonds is 2. The van der Waals surface area contributed by atoms with Gasteiger partial charge < -0.3 is 14.7 Å².